The Labute approximate surface area is 142 Å². The van der Waals surface area contributed by atoms with Gasteiger partial charge in [0, 0.05) is 14.6 Å². The molecule has 0 bridgehead atoms. The Kier molecular flexibility index (Phi) is 5.03. The minimum atomic E-state index is -1.08. The molecule has 0 unspecified atom stereocenters. The Hall–Kier alpha value is -1.37. The fourth-order valence-electron chi connectivity index (χ4n) is 1.66. The molecule has 1 amide bonds. The van der Waals surface area contributed by atoms with Gasteiger partial charge in [-0.2, -0.15) is 0 Å². The molecule has 0 aliphatic heterocycles. The highest BCUT2D eigenvalue weighted by Gasteiger charge is 2.14. The number of rotatable bonds is 3. The Morgan fingerprint density at radius 1 is 1.14 bits per heavy atom. The lowest BCUT2D eigenvalue weighted by Crippen LogP contribution is -2.13. The van der Waals surface area contributed by atoms with Crippen LogP contribution in [0.3, 0.4) is 0 Å². The van der Waals surface area contributed by atoms with Crippen molar-refractivity contribution in [1.82, 2.24) is 0 Å². The maximum atomic E-state index is 12.2. The van der Waals surface area contributed by atoms with E-state index in [2.05, 4.69) is 37.2 Å². The van der Waals surface area contributed by atoms with Gasteiger partial charge in [0.05, 0.1) is 16.1 Å². The first-order valence-corrected chi connectivity index (χ1v) is 7.64. The number of nitrogens with one attached hydrogen (secondary N) is 1. The highest BCUT2D eigenvalue weighted by Crippen LogP contribution is 2.27. The van der Waals surface area contributed by atoms with Crippen molar-refractivity contribution in [2.75, 3.05) is 5.32 Å². The lowest BCUT2D eigenvalue weighted by molar-refractivity contribution is 0.0696. The second-order valence-electron chi connectivity index (χ2n) is 4.09. The molecule has 0 atom stereocenters. The summed E-state index contributed by atoms with van der Waals surface area (Å²) in [6, 6.07) is 9.42. The average molecular weight is 433 g/mol. The minimum Gasteiger partial charge on any atom is -0.478 e. The van der Waals surface area contributed by atoms with Crippen molar-refractivity contribution in [3.8, 4) is 0 Å². The molecule has 2 aromatic rings. The molecule has 2 N–H and O–H groups in total. The molecular weight excluding hydrogens is 425 g/mol. The quantitative estimate of drug-likeness (QED) is 0.730. The van der Waals surface area contributed by atoms with Crippen LogP contribution in [0.2, 0.25) is 5.02 Å². The Morgan fingerprint density at radius 3 is 2.52 bits per heavy atom. The van der Waals surface area contributed by atoms with Crippen molar-refractivity contribution in [1.29, 1.82) is 0 Å². The van der Waals surface area contributed by atoms with Crippen molar-refractivity contribution < 1.29 is 14.7 Å². The highest BCUT2D eigenvalue weighted by atomic mass is 79.9. The summed E-state index contributed by atoms with van der Waals surface area (Å²) in [5, 5.41) is 11.9. The van der Waals surface area contributed by atoms with Crippen LogP contribution in [0, 0.1) is 0 Å². The molecule has 0 aromatic heterocycles. The Bertz CT molecular complexity index is 734. The van der Waals surface area contributed by atoms with Gasteiger partial charge in [0.1, 0.15) is 0 Å². The van der Waals surface area contributed by atoms with Gasteiger partial charge in [-0.3, -0.25) is 4.79 Å². The first kappa shape index (κ1) is 16.0. The monoisotopic (exact) mass is 431 g/mol. The standard InChI is InChI=1S/C14H8Br2ClNO3/c15-8-4-7(14(20)21)5-9(6-8)18-13(19)10-2-1-3-11(16)12(10)17/h1-6H,(H,18,19)(H,20,21). The van der Waals surface area contributed by atoms with Crippen molar-refractivity contribution in [2.24, 2.45) is 0 Å². The number of hydrogen-bond acceptors (Lipinski definition) is 2. The zero-order valence-corrected chi connectivity index (χ0v) is 14.3. The molecule has 2 rings (SSSR count). The van der Waals surface area contributed by atoms with Crippen LogP contribution in [0.4, 0.5) is 5.69 Å². The normalized spacial score (nSPS) is 10.2. The zero-order valence-electron chi connectivity index (χ0n) is 10.4. The van der Waals surface area contributed by atoms with E-state index in [1.807, 2.05) is 0 Å². The van der Waals surface area contributed by atoms with Gasteiger partial charge in [0.2, 0.25) is 0 Å². The van der Waals surface area contributed by atoms with Crippen LogP contribution >= 0.6 is 43.5 Å². The summed E-state index contributed by atoms with van der Waals surface area (Å²) in [5.74, 6) is -1.50. The van der Waals surface area contributed by atoms with Gasteiger partial charge in [-0.1, -0.05) is 33.6 Å². The molecule has 108 valence electrons. The number of halogens is 3. The summed E-state index contributed by atoms with van der Waals surface area (Å²) in [6.45, 7) is 0. The summed E-state index contributed by atoms with van der Waals surface area (Å²) < 4.78 is 1.16. The van der Waals surface area contributed by atoms with Crippen LogP contribution in [-0.2, 0) is 0 Å². The molecule has 0 spiro atoms. The molecule has 0 fully saturated rings. The summed E-state index contributed by atoms with van der Waals surface area (Å²) in [6.07, 6.45) is 0. The predicted molar refractivity (Wildman–Crippen MR) is 88.2 cm³/mol. The van der Waals surface area contributed by atoms with E-state index in [4.69, 9.17) is 16.7 Å². The molecule has 0 aliphatic carbocycles. The number of carbonyl (C=O) groups excluding carboxylic acids is 1. The van der Waals surface area contributed by atoms with E-state index >= 15 is 0 Å². The van der Waals surface area contributed by atoms with Crippen LogP contribution in [0.15, 0.2) is 45.3 Å². The van der Waals surface area contributed by atoms with E-state index in [0.717, 1.165) is 0 Å². The average Bonchev–Trinajstić information content (AvgIpc) is 2.41. The maximum absolute atomic E-state index is 12.2. The molecular formula is C14H8Br2ClNO3. The SMILES string of the molecule is O=C(O)c1cc(Br)cc(NC(=O)c2cccc(Br)c2Cl)c1. The number of aromatic carboxylic acids is 1. The Balaban J connectivity index is 2.31. The number of amides is 1. The van der Waals surface area contributed by atoms with Crippen molar-refractivity contribution in [3.05, 3.63) is 61.5 Å². The predicted octanol–water partition coefficient (Wildman–Crippen LogP) is 4.82. The number of carboxylic acids is 1. The summed E-state index contributed by atoms with van der Waals surface area (Å²) >= 11 is 12.5. The van der Waals surface area contributed by atoms with E-state index in [0.29, 0.717) is 25.2 Å². The van der Waals surface area contributed by atoms with E-state index in [1.54, 1.807) is 24.3 Å². The summed E-state index contributed by atoms with van der Waals surface area (Å²) in [5.41, 5.74) is 0.728. The van der Waals surface area contributed by atoms with Gasteiger partial charge in [0.15, 0.2) is 0 Å². The topological polar surface area (TPSA) is 66.4 Å². The molecule has 0 heterocycles. The van der Waals surface area contributed by atoms with E-state index in [1.165, 1.54) is 12.1 Å². The van der Waals surface area contributed by atoms with Gasteiger partial charge in [0.25, 0.3) is 5.91 Å². The second-order valence-corrected chi connectivity index (χ2v) is 6.24. The molecule has 0 aliphatic rings. The largest absolute Gasteiger partial charge is 0.478 e. The van der Waals surface area contributed by atoms with Crippen LogP contribution in [0.5, 0.6) is 0 Å². The third-order valence-electron chi connectivity index (χ3n) is 2.60. The summed E-state index contributed by atoms with van der Waals surface area (Å²) in [4.78, 5) is 23.2. The molecule has 2 aromatic carbocycles. The molecule has 7 heteroatoms. The third-order valence-corrected chi connectivity index (χ3v) is 4.35. The highest BCUT2D eigenvalue weighted by molar-refractivity contribution is 9.10. The van der Waals surface area contributed by atoms with Crippen LogP contribution < -0.4 is 5.32 Å². The van der Waals surface area contributed by atoms with Crippen molar-refractivity contribution in [2.45, 2.75) is 0 Å². The number of carbonyl (C=O) groups is 2. The van der Waals surface area contributed by atoms with Crippen molar-refractivity contribution in [3.63, 3.8) is 0 Å². The number of hydrogen-bond donors (Lipinski definition) is 2. The number of benzene rings is 2. The molecule has 0 radical (unpaired) electrons. The van der Waals surface area contributed by atoms with Gasteiger partial charge in [-0.05, 0) is 46.3 Å². The van der Waals surface area contributed by atoms with Gasteiger partial charge in [-0.25, -0.2) is 4.79 Å². The molecule has 4 nitrogen and oxygen atoms in total. The Morgan fingerprint density at radius 2 is 1.86 bits per heavy atom. The fourth-order valence-corrected chi connectivity index (χ4v) is 2.73. The third kappa shape index (κ3) is 3.84. The van der Waals surface area contributed by atoms with Crippen LogP contribution in [0.1, 0.15) is 20.7 Å². The van der Waals surface area contributed by atoms with Gasteiger partial charge < -0.3 is 10.4 Å². The molecule has 21 heavy (non-hydrogen) atoms. The van der Waals surface area contributed by atoms with Gasteiger partial charge >= 0.3 is 5.97 Å². The minimum absolute atomic E-state index is 0.0695. The second kappa shape index (κ2) is 6.60. The maximum Gasteiger partial charge on any atom is 0.335 e. The molecule has 0 saturated carbocycles. The van der Waals surface area contributed by atoms with Crippen molar-refractivity contribution >= 4 is 61.0 Å². The van der Waals surface area contributed by atoms with Crippen LogP contribution in [0.25, 0.3) is 0 Å². The first-order valence-electron chi connectivity index (χ1n) is 5.67. The fraction of sp³-hybridized carbons (Fsp3) is 0. The van der Waals surface area contributed by atoms with E-state index < -0.39 is 11.9 Å². The summed E-state index contributed by atoms with van der Waals surface area (Å²) in [7, 11) is 0. The van der Waals surface area contributed by atoms with Gasteiger partial charge in [-0.15, -0.1) is 0 Å². The van der Waals surface area contributed by atoms with E-state index in [-0.39, 0.29) is 5.56 Å². The molecule has 0 saturated heterocycles. The smallest absolute Gasteiger partial charge is 0.335 e. The first-order chi connectivity index (χ1) is 9.88. The lowest BCUT2D eigenvalue weighted by Gasteiger charge is -2.09. The zero-order chi connectivity index (χ0) is 15.6. The van der Waals surface area contributed by atoms with E-state index in [9.17, 15) is 9.59 Å². The lowest BCUT2D eigenvalue weighted by atomic mass is 10.1. The number of carboxylic acid groups (broad SMARTS) is 1. The van der Waals surface area contributed by atoms with Crippen LogP contribution in [-0.4, -0.2) is 17.0 Å². The number of anilines is 1.